The first kappa shape index (κ1) is 14.1. The van der Waals surface area contributed by atoms with Crippen molar-refractivity contribution in [3.05, 3.63) is 64.7 Å². The van der Waals surface area contributed by atoms with E-state index in [2.05, 4.69) is 12.1 Å². The molecule has 0 bridgehead atoms. The molecule has 1 atom stereocenters. The molecule has 3 rings (SSSR count). The molecule has 21 heavy (non-hydrogen) atoms. The summed E-state index contributed by atoms with van der Waals surface area (Å²) in [6.07, 6.45) is 2.92. The standard InChI is InChI=1S/C18H21NO2/c19-11-13-4-6-15(7-5-13)18(20)12-21-17-9-8-14-2-1-3-16(14)10-17/h4-10,18,20H,1-3,11-12,19H2. The van der Waals surface area contributed by atoms with Gasteiger partial charge in [-0.3, -0.25) is 0 Å². The normalized spacial score (nSPS) is 14.8. The Morgan fingerprint density at radius 2 is 1.81 bits per heavy atom. The minimum atomic E-state index is -0.620. The summed E-state index contributed by atoms with van der Waals surface area (Å²) in [5, 5.41) is 10.2. The lowest BCUT2D eigenvalue weighted by Crippen LogP contribution is -2.10. The molecule has 0 aliphatic heterocycles. The van der Waals surface area contributed by atoms with E-state index in [1.165, 1.54) is 24.0 Å². The molecular weight excluding hydrogens is 262 g/mol. The molecule has 1 aliphatic carbocycles. The van der Waals surface area contributed by atoms with Gasteiger partial charge in [0.2, 0.25) is 0 Å². The predicted molar refractivity (Wildman–Crippen MR) is 83.3 cm³/mol. The average molecular weight is 283 g/mol. The molecule has 0 saturated heterocycles. The zero-order valence-electron chi connectivity index (χ0n) is 12.1. The number of hydrogen-bond acceptors (Lipinski definition) is 3. The number of nitrogens with two attached hydrogens (primary N) is 1. The molecule has 3 heteroatoms. The minimum Gasteiger partial charge on any atom is -0.491 e. The SMILES string of the molecule is NCc1ccc(C(O)COc2ccc3c(c2)CCC3)cc1. The highest BCUT2D eigenvalue weighted by molar-refractivity contribution is 5.38. The van der Waals surface area contributed by atoms with Gasteiger partial charge >= 0.3 is 0 Å². The Bertz CT molecular complexity index is 607. The van der Waals surface area contributed by atoms with E-state index in [1.807, 2.05) is 30.3 Å². The molecule has 1 aliphatic rings. The van der Waals surface area contributed by atoms with Gasteiger partial charge in [-0.2, -0.15) is 0 Å². The van der Waals surface area contributed by atoms with Crippen molar-refractivity contribution in [3.8, 4) is 5.75 Å². The van der Waals surface area contributed by atoms with Gasteiger partial charge in [0, 0.05) is 6.54 Å². The molecule has 0 fully saturated rings. The fraction of sp³-hybridized carbons (Fsp3) is 0.333. The summed E-state index contributed by atoms with van der Waals surface area (Å²) in [7, 11) is 0. The smallest absolute Gasteiger partial charge is 0.119 e. The zero-order valence-corrected chi connectivity index (χ0v) is 12.1. The molecule has 0 aromatic heterocycles. The van der Waals surface area contributed by atoms with Gasteiger partial charge in [-0.1, -0.05) is 30.3 Å². The Kier molecular flexibility index (Phi) is 4.23. The monoisotopic (exact) mass is 283 g/mol. The highest BCUT2D eigenvalue weighted by Crippen LogP contribution is 2.26. The largest absolute Gasteiger partial charge is 0.491 e. The maximum atomic E-state index is 10.2. The van der Waals surface area contributed by atoms with E-state index in [0.717, 1.165) is 23.3 Å². The third-order valence-corrected chi connectivity index (χ3v) is 4.08. The van der Waals surface area contributed by atoms with Gasteiger partial charge < -0.3 is 15.6 Å². The Hall–Kier alpha value is -1.84. The molecule has 2 aromatic rings. The first-order valence-corrected chi connectivity index (χ1v) is 7.48. The van der Waals surface area contributed by atoms with Crippen molar-refractivity contribution in [2.75, 3.05) is 6.61 Å². The van der Waals surface area contributed by atoms with Gasteiger partial charge in [0.05, 0.1) is 0 Å². The minimum absolute atomic E-state index is 0.265. The van der Waals surface area contributed by atoms with Crippen molar-refractivity contribution in [3.63, 3.8) is 0 Å². The highest BCUT2D eigenvalue weighted by Gasteiger charge is 2.13. The third-order valence-electron chi connectivity index (χ3n) is 4.08. The number of aryl methyl sites for hydroxylation is 2. The van der Waals surface area contributed by atoms with Crippen LogP contribution in [0.4, 0.5) is 0 Å². The first-order chi connectivity index (χ1) is 10.3. The molecular formula is C18H21NO2. The van der Waals surface area contributed by atoms with Gasteiger partial charge in [-0.05, 0) is 53.6 Å². The lowest BCUT2D eigenvalue weighted by Gasteiger charge is -2.14. The van der Waals surface area contributed by atoms with Gasteiger partial charge in [0.15, 0.2) is 0 Å². The van der Waals surface area contributed by atoms with Crippen molar-refractivity contribution in [2.45, 2.75) is 31.9 Å². The molecule has 0 amide bonds. The second kappa shape index (κ2) is 6.29. The van der Waals surface area contributed by atoms with E-state index in [9.17, 15) is 5.11 Å². The summed E-state index contributed by atoms with van der Waals surface area (Å²) in [5.74, 6) is 0.841. The van der Waals surface area contributed by atoms with Gasteiger partial charge in [-0.25, -0.2) is 0 Å². The summed E-state index contributed by atoms with van der Waals surface area (Å²) >= 11 is 0. The summed E-state index contributed by atoms with van der Waals surface area (Å²) in [6, 6.07) is 13.9. The van der Waals surface area contributed by atoms with Gasteiger partial charge in [0.1, 0.15) is 18.5 Å². The fourth-order valence-corrected chi connectivity index (χ4v) is 2.79. The number of rotatable bonds is 5. The van der Waals surface area contributed by atoms with E-state index in [-0.39, 0.29) is 6.61 Å². The zero-order chi connectivity index (χ0) is 14.7. The van der Waals surface area contributed by atoms with Crippen LogP contribution in [-0.2, 0) is 19.4 Å². The average Bonchev–Trinajstić information content (AvgIpc) is 3.00. The number of aliphatic hydroxyl groups is 1. The molecule has 1 unspecified atom stereocenters. The number of ether oxygens (including phenoxy) is 1. The van der Waals surface area contributed by atoms with Crippen LogP contribution in [0, 0.1) is 0 Å². The van der Waals surface area contributed by atoms with Crippen molar-refractivity contribution in [1.29, 1.82) is 0 Å². The van der Waals surface area contributed by atoms with Crippen LogP contribution in [0.25, 0.3) is 0 Å². The van der Waals surface area contributed by atoms with Crippen LogP contribution in [0.15, 0.2) is 42.5 Å². The lowest BCUT2D eigenvalue weighted by atomic mass is 10.1. The van der Waals surface area contributed by atoms with Gasteiger partial charge in [-0.15, -0.1) is 0 Å². The van der Waals surface area contributed by atoms with E-state index >= 15 is 0 Å². The number of fused-ring (bicyclic) bond motifs is 1. The Morgan fingerprint density at radius 1 is 1.05 bits per heavy atom. The van der Waals surface area contributed by atoms with Crippen LogP contribution in [-0.4, -0.2) is 11.7 Å². The second-order valence-corrected chi connectivity index (χ2v) is 5.56. The predicted octanol–water partition coefficient (Wildman–Crippen LogP) is 2.75. The summed E-state index contributed by atoms with van der Waals surface area (Å²) in [5.41, 5.74) is 10.3. The topological polar surface area (TPSA) is 55.5 Å². The van der Waals surface area contributed by atoms with E-state index in [0.29, 0.717) is 6.54 Å². The third kappa shape index (κ3) is 3.26. The quantitative estimate of drug-likeness (QED) is 0.887. The fourth-order valence-electron chi connectivity index (χ4n) is 2.79. The molecule has 3 N–H and O–H groups in total. The van der Waals surface area contributed by atoms with Crippen LogP contribution in [0.1, 0.15) is 34.8 Å². The van der Waals surface area contributed by atoms with Crippen molar-refractivity contribution >= 4 is 0 Å². The molecule has 110 valence electrons. The van der Waals surface area contributed by atoms with Crippen molar-refractivity contribution in [2.24, 2.45) is 5.73 Å². The Balaban J connectivity index is 1.61. The number of hydrogen-bond donors (Lipinski definition) is 2. The van der Waals surface area contributed by atoms with E-state index < -0.39 is 6.10 Å². The Morgan fingerprint density at radius 3 is 2.57 bits per heavy atom. The van der Waals surface area contributed by atoms with Crippen LogP contribution >= 0.6 is 0 Å². The number of benzene rings is 2. The summed E-state index contributed by atoms with van der Waals surface area (Å²) < 4.78 is 5.73. The molecule has 0 saturated carbocycles. The van der Waals surface area contributed by atoms with Crippen molar-refractivity contribution in [1.82, 2.24) is 0 Å². The van der Waals surface area contributed by atoms with E-state index in [4.69, 9.17) is 10.5 Å². The summed E-state index contributed by atoms with van der Waals surface area (Å²) in [6.45, 7) is 0.781. The van der Waals surface area contributed by atoms with E-state index in [1.54, 1.807) is 0 Å². The van der Waals surface area contributed by atoms with Crippen LogP contribution < -0.4 is 10.5 Å². The highest BCUT2D eigenvalue weighted by atomic mass is 16.5. The molecule has 2 aromatic carbocycles. The lowest BCUT2D eigenvalue weighted by molar-refractivity contribution is 0.108. The van der Waals surface area contributed by atoms with Crippen LogP contribution in [0.5, 0.6) is 5.75 Å². The van der Waals surface area contributed by atoms with Gasteiger partial charge in [0.25, 0.3) is 0 Å². The maximum absolute atomic E-state index is 10.2. The van der Waals surface area contributed by atoms with Crippen LogP contribution in [0.3, 0.4) is 0 Å². The maximum Gasteiger partial charge on any atom is 0.119 e. The Labute approximate surface area is 125 Å². The second-order valence-electron chi connectivity index (χ2n) is 5.56. The molecule has 3 nitrogen and oxygen atoms in total. The van der Waals surface area contributed by atoms with Crippen LogP contribution in [0.2, 0.25) is 0 Å². The van der Waals surface area contributed by atoms with Crippen molar-refractivity contribution < 1.29 is 9.84 Å². The first-order valence-electron chi connectivity index (χ1n) is 7.48. The molecule has 0 spiro atoms. The molecule has 0 heterocycles. The number of aliphatic hydroxyl groups excluding tert-OH is 1. The summed E-state index contributed by atoms with van der Waals surface area (Å²) in [4.78, 5) is 0. The molecule has 0 radical (unpaired) electrons.